The van der Waals surface area contributed by atoms with Crippen molar-refractivity contribution < 1.29 is 19.1 Å². The second-order valence-corrected chi connectivity index (χ2v) is 8.42. The number of hydrazine groups is 1. The molecule has 0 aromatic heterocycles. The highest BCUT2D eigenvalue weighted by atomic mass is 32.1. The highest BCUT2D eigenvalue weighted by Gasteiger charge is 2.42. The topological polar surface area (TPSA) is 91.0 Å². The maximum atomic E-state index is 12.7. The summed E-state index contributed by atoms with van der Waals surface area (Å²) in [5, 5.41) is 4.20. The van der Waals surface area contributed by atoms with E-state index in [0.717, 1.165) is 18.6 Å². The number of ether oxygens (including phenoxy) is 1. The number of benzene rings is 2. The molecule has 1 saturated heterocycles. The first-order valence-corrected chi connectivity index (χ1v) is 11.8. The van der Waals surface area contributed by atoms with Crippen molar-refractivity contribution in [2.75, 3.05) is 19.0 Å². The van der Waals surface area contributed by atoms with E-state index in [1.54, 1.807) is 54.6 Å². The molecule has 1 aliphatic rings. The molecule has 2 N–H and O–H groups in total. The van der Waals surface area contributed by atoms with Gasteiger partial charge < -0.3 is 10.1 Å². The fourth-order valence-corrected chi connectivity index (χ4v) is 3.79. The van der Waals surface area contributed by atoms with Crippen LogP contribution in [0.3, 0.4) is 0 Å². The van der Waals surface area contributed by atoms with Gasteiger partial charge in [-0.15, -0.1) is 0 Å². The molecule has 1 heterocycles. The van der Waals surface area contributed by atoms with Crippen molar-refractivity contribution >= 4 is 40.7 Å². The number of carbonyl (C=O) groups is 3. The lowest BCUT2D eigenvalue weighted by Gasteiger charge is -2.24. The zero-order valence-corrected chi connectivity index (χ0v) is 20.3. The zero-order chi connectivity index (χ0) is 24.5. The second kappa shape index (κ2) is 12.1. The third-order valence-corrected chi connectivity index (χ3v) is 5.93. The van der Waals surface area contributed by atoms with Gasteiger partial charge in [0.15, 0.2) is 5.11 Å². The minimum Gasteiger partial charge on any atom is -0.494 e. The van der Waals surface area contributed by atoms with E-state index in [4.69, 9.17) is 17.0 Å². The SMILES string of the molecule is CCCCCCOc1ccc(NC(=O)C[C@H]2C(=O)N(C)C(=S)N2NC(=O)c2ccccc2)cc1. The van der Waals surface area contributed by atoms with Crippen molar-refractivity contribution in [2.45, 2.75) is 45.1 Å². The largest absolute Gasteiger partial charge is 0.494 e. The first-order chi connectivity index (χ1) is 16.4. The highest BCUT2D eigenvalue weighted by molar-refractivity contribution is 7.80. The zero-order valence-electron chi connectivity index (χ0n) is 19.5. The molecule has 1 aliphatic heterocycles. The van der Waals surface area contributed by atoms with Crippen LogP contribution in [-0.4, -0.2) is 52.4 Å². The summed E-state index contributed by atoms with van der Waals surface area (Å²) in [5.74, 6) is -0.409. The highest BCUT2D eigenvalue weighted by Crippen LogP contribution is 2.20. The van der Waals surface area contributed by atoms with Crippen LogP contribution in [0.4, 0.5) is 5.69 Å². The van der Waals surface area contributed by atoms with Crippen LogP contribution in [0.15, 0.2) is 54.6 Å². The van der Waals surface area contributed by atoms with Crippen molar-refractivity contribution in [1.82, 2.24) is 15.3 Å². The minimum absolute atomic E-state index is 0.132. The first-order valence-electron chi connectivity index (χ1n) is 11.4. The Labute approximate surface area is 205 Å². The fourth-order valence-electron chi connectivity index (χ4n) is 3.53. The number of nitrogens with one attached hydrogen (secondary N) is 2. The van der Waals surface area contributed by atoms with Gasteiger partial charge in [0.2, 0.25) is 5.91 Å². The summed E-state index contributed by atoms with van der Waals surface area (Å²) in [6, 6.07) is 14.7. The Balaban J connectivity index is 1.57. The number of rotatable bonds is 11. The molecule has 180 valence electrons. The summed E-state index contributed by atoms with van der Waals surface area (Å²) in [6.07, 6.45) is 4.36. The van der Waals surface area contributed by atoms with Gasteiger partial charge in [0, 0.05) is 18.3 Å². The van der Waals surface area contributed by atoms with Gasteiger partial charge in [-0.3, -0.25) is 24.7 Å². The van der Waals surface area contributed by atoms with E-state index in [1.807, 2.05) is 0 Å². The molecule has 0 spiro atoms. The van der Waals surface area contributed by atoms with Crippen LogP contribution < -0.4 is 15.5 Å². The normalized spacial score (nSPS) is 15.4. The van der Waals surface area contributed by atoms with Crippen LogP contribution in [0.1, 0.15) is 49.4 Å². The molecule has 1 fully saturated rings. The molecule has 2 aromatic rings. The van der Waals surface area contributed by atoms with E-state index in [-0.39, 0.29) is 23.3 Å². The summed E-state index contributed by atoms with van der Waals surface area (Å²) >= 11 is 5.31. The molecule has 0 unspecified atom stereocenters. The first kappa shape index (κ1) is 25.2. The van der Waals surface area contributed by atoms with Gasteiger partial charge >= 0.3 is 0 Å². The Kier molecular flexibility index (Phi) is 8.98. The van der Waals surface area contributed by atoms with E-state index in [0.29, 0.717) is 17.9 Å². The van der Waals surface area contributed by atoms with E-state index in [9.17, 15) is 14.4 Å². The summed E-state index contributed by atoms with van der Waals surface area (Å²) in [7, 11) is 1.52. The van der Waals surface area contributed by atoms with Crippen LogP contribution in [0.25, 0.3) is 0 Å². The number of likely N-dealkylation sites (N-methyl/N-ethyl adjacent to an activating group) is 1. The summed E-state index contributed by atoms with van der Waals surface area (Å²) < 4.78 is 5.72. The molecule has 9 heteroatoms. The van der Waals surface area contributed by atoms with Crippen LogP contribution in [0, 0.1) is 0 Å². The molecule has 0 aliphatic carbocycles. The maximum Gasteiger partial charge on any atom is 0.269 e. The smallest absolute Gasteiger partial charge is 0.269 e. The van der Waals surface area contributed by atoms with Crippen molar-refractivity contribution in [3.05, 3.63) is 60.2 Å². The molecule has 0 bridgehead atoms. The van der Waals surface area contributed by atoms with Crippen LogP contribution in [0.2, 0.25) is 0 Å². The van der Waals surface area contributed by atoms with Crippen LogP contribution in [0.5, 0.6) is 5.75 Å². The molecule has 3 rings (SSSR count). The molecule has 8 nitrogen and oxygen atoms in total. The van der Waals surface area contributed by atoms with E-state index in [2.05, 4.69) is 17.7 Å². The predicted octanol–water partition coefficient (Wildman–Crippen LogP) is 3.75. The molecule has 2 aromatic carbocycles. The van der Waals surface area contributed by atoms with Gasteiger partial charge in [0.05, 0.1) is 13.0 Å². The number of thiocarbonyl (C=S) groups is 1. The summed E-state index contributed by atoms with van der Waals surface area (Å²) in [6.45, 7) is 2.83. The van der Waals surface area contributed by atoms with Gasteiger partial charge in [-0.2, -0.15) is 0 Å². The molecule has 3 amide bonds. The lowest BCUT2D eigenvalue weighted by molar-refractivity contribution is -0.130. The van der Waals surface area contributed by atoms with Gasteiger partial charge in [-0.25, -0.2) is 5.01 Å². The third-order valence-electron chi connectivity index (χ3n) is 5.46. The number of hydrogen-bond acceptors (Lipinski definition) is 5. The predicted molar refractivity (Wildman–Crippen MR) is 134 cm³/mol. The number of hydrogen-bond donors (Lipinski definition) is 2. The van der Waals surface area contributed by atoms with Crippen molar-refractivity contribution in [1.29, 1.82) is 0 Å². The average molecular weight is 483 g/mol. The van der Waals surface area contributed by atoms with Crippen molar-refractivity contribution in [3.8, 4) is 5.75 Å². The van der Waals surface area contributed by atoms with Crippen molar-refractivity contribution in [3.63, 3.8) is 0 Å². The molecular formula is C25H30N4O4S. The average Bonchev–Trinajstić information content (AvgIpc) is 3.04. The van der Waals surface area contributed by atoms with Crippen molar-refractivity contribution in [2.24, 2.45) is 0 Å². The van der Waals surface area contributed by atoms with Gasteiger partial charge in [0.1, 0.15) is 11.8 Å². The molecule has 34 heavy (non-hydrogen) atoms. The Hall–Kier alpha value is -3.46. The molecular weight excluding hydrogens is 452 g/mol. The fraction of sp³-hybridized carbons (Fsp3) is 0.360. The molecule has 1 atom stereocenters. The number of amides is 3. The Morgan fingerprint density at radius 2 is 1.74 bits per heavy atom. The number of nitrogens with zero attached hydrogens (tertiary/aromatic N) is 2. The lowest BCUT2D eigenvalue weighted by Crippen LogP contribution is -2.49. The van der Waals surface area contributed by atoms with E-state index >= 15 is 0 Å². The van der Waals surface area contributed by atoms with E-state index < -0.39 is 11.9 Å². The second-order valence-electron chi connectivity index (χ2n) is 8.06. The van der Waals surface area contributed by atoms with Gasteiger partial charge in [-0.05, 0) is 55.0 Å². The number of unbranched alkanes of at least 4 members (excludes halogenated alkanes) is 3. The Morgan fingerprint density at radius 1 is 1.03 bits per heavy atom. The quantitative estimate of drug-likeness (QED) is 0.375. The number of carbonyl (C=O) groups excluding carboxylic acids is 3. The molecule has 0 radical (unpaired) electrons. The van der Waals surface area contributed by atoms with Crippen LogP contribution in [-0.2, 0) is 9.59 Å². The molecule has 0 saturated carbocycles. The lowest BCUT2D eigenvalue weighted by atomic mass is 10.2. The standard InChI is InChI=1S/C25H30N4O4S/c1-3-4-5-9-16-33-20-14-12-19(13-15-20)26-22(30)17-21-24(32)28(2)25(34)29(21)27-23(31)18-10-7-6-8-11-18/h6-8,10-15,21H,3-5,9,16-17H2,1-2H3,(H,26,30)(H,27,31)/t21-/m0/s1. The maximum absolute atomic E-state index is 12.7. The van der Waals surface area contributed by atoms with E-state index in [1.165, 1.54) is 29.8 Å². The monoisotopic (exact) mass is 482 g/mol. The summed E-state index contributed by atoms with van der Waals surface area (Å²) in [4.78, 5) is 39.2. The van der Waals surface area contributed by atoms with Gasteiger partial charge in [-0.1, -0.05) is 44.4 Å². The third kappa shape index (κ3) is 6.54. The number of anilines is 1. The Bertz CT molecular complexity index is 1010. The minimum atomic E-state index is -0.934. The van der Waals surface area contributed by atoms with Gasteiger partial charge in [0.25, 0.3) is 11.8 Å². The van der Waals surface area contributed by atoms with Crippen LogP contribution >= 0.6 is 12.2 Å². The Morgan fingerprint density at radius 3 is 2.41 bits per heavy atom. The summed E-state index contributed by atoms with van der Waals surface area (Å²) in [5.41, 5.74) is 3.67.